The Hall–Kier alpha value is -2.50. The van der Waals surface area contributed by atoms with Crippen LogP contribution in [-0.2, 0) is 0 Å². The van der Waals surface area contributed by atoms with E-state index in [2.05, 4.69) is 10.3 Å². The quantitative estimate of drug-likeness (QED) is 0.874. The molecule has 1 aromatic heterocycles. The molecule has 19 heavy (non-hydrogen) atoms. The van der Waals surface area contributed by atoms with Crippen LogP contribution in [0.2, 0.25) is 0 Å². The monoisotopic (exact) mass is 263 g/mol. The van der Waals surface area contributed by atoms with Gasteiger partial charge in [-0.15, -0.1) is 0 Å². The van der Waals surface area contributed by atoms with Gasteiger partial charge in [0, 0.05) is 6.20 Å². The highest BCUT2D eigenvalue weighted by Crippen LogP contribution is 2.22. The molecule has 1 aromatic carbocycles. The zero-order chi connectivity index (χ0) is 14.0. The fourth-order valence-corrected chi connectivity index (χ4v) is 1.50. The molecule has 0 spiro atoms. The third-order valence-corrected chi connectivity index (χ3v) is 2.57. The first kappa shape index (κ1) is 12.9. The molecule has 0 saturated carbocycles. The Morgan fingerprint density at radius 1 is 1.26 bits per heavy atom. The predicted molar refractivity (Wildman–Crippen MR) is 67.7 cm³/mol. The van der Waals surface area contributed by atoms with Crippen molar-refractivity contribution in [2.45, 2.75) is 6.92 Å². The molecule has 2 aromatic rings. The van der Waals surface area contributed by atoms with Gasteiger partial charge in [-0.25, -0.2) is 13.8 Å². The minimum atomic E-state index is -0.833. The van der Waals surface area contributed by atoms with Crippen LogP contribution in [0.25, 0.3) is 0 Å². The summed E-state index contributed by atoms with van der Waals surface area (Å²) in [4.78, 5) is 15.5. The summed E-state index contributed by atoms with van der Waals surface area (Å²) in [6.07, 6.45) is 1.23. The van der Waals surface area contributed by atoms with Crippen molar-refractivity contribution in [3.8, 4) is 0 Å². The van der Waals surface area contributed by atoms with E-state index in [1.54, 1.807) is 0 Å². The number of benzene rings is 1. The van der Waals surface area contributed by atoms with E-state index in [0.717, 1.165) is 6.07 Å². The molecule has 3 N–H and O–H groups in total. The van der Waals surface area contributed by atoms with Crippen molar-refractivity contribution in [3.05, 3.63) is 53.2 Å². The van der Waals surface area contributed by atoms with E-state index in [1.807, 2.05) is 0 Å². The molecule has 0 atom stereocenters. The molecular formula is C13H11F2N3O. The predicted octanol–water partition coefficient (Wildman–Crippen LogP) is 2.50. The molecule has 98 valence electrons. The number of aryl methyl sites for hydroxylation is 1. The minimum Gasteiger partial charge on any atom is -0.384 e. The molecule has 0 radical (unpaired) electrons. The summed E-state index contributed by atoms with van der Waals surface area (Å²) in [5.41, 5.74) is 5.32. The van der Waals surface area contributed by atoms with Gasteiger partial charge in [-0.3, -0.25) is 4.79 Å². The van der Waals surface area contributed by atoms with Gasteiger partial charge >= 0.3 is 0 Å². The van der Waals surface area contributed by atoms with E-state index < -0.39 is 23.2 Å². The number of carbonyl (C=O) groups excluding carboxylic acids is 1. The number of anilines is 2. The van der Waals surface area contributed by atoms with Crippen molar-refractivity contribution in [2.75, 3.05) is 11.1 Å². The van der Waals surface area contributed by atoms with E-state index in [9.17, 15) is 13.6 Å². The minimum absolute atomic E-state index is 0.162. The van der Waals surface area contributed by atoms with E-state index in [-0.39, 0.29) is 16.9 Å². The summed E-state index contributed by atoms with van der Waals surface area (Å²) >= 11 is 0. The zero-order valence-corrected chi connectivity index (χ0v) is 10.1. The lowest BCUT2D eigenvalue weighted by atomic mass is 10.2. The van der Waals surface area contributed by atoms with Gasteiger partial charge in [0.15, 0.2) is 5.82 Å². The zero-order valence-electron chi connectivity index (χ0n) is 10.1. The number of nitrogen functional groups attached to an aromatic ring is 1. The van der Waals surface area contributed by atoms with Crippen LogP contribution < -0.4 is 11.1 Å². The van der Waals surface area contributed by atoms with Crippen molar-refractivity contribution >= 4 is 17.4 Å². The smallest absolute Gasteiger partial charge is 0.257 e. The molecule has 0 unspecified atom stereocenters. The maximum atomic E-state index is 13.7. The Morgan fingerprint density at radius 2 is 2.00 bits per heavy atom. The van der Waals surface area contributed by atoms with Crippen LogP contribution in [-0.4, -0.2) is 10.9 Å². The number of nitrogens with two attached hydrogens (primary N) is 1. The molecule has 0 aliphatic carbocycles. The SMILES string of the molecule is Cc1ccc(F)c(NC(=O)c2ccc(N)nc2)c1F. The largest absolute Gasteiger partial charge is 0.384 e. The number of pyridine rings is 1. The average Bonchev–Trinajstić information content (AvgIpc) is 2.40. The second-order valence-electron chi connectivity index (χ2n) is 3.98. The fourth-order valence-electron chi connectivity index (χ4n) is 1.50. The first-order chi connectivity index (χ1) is 8.99. The van der Waals surface area contributed by atoms with Gasteiger partial charge in [0.05, 0.1) is 5.56 Å². The first-order valence-corrected chi connectivity index (χ1v) is 5.46. The van der Waals surface area contributed by atoms with Gasteiger partial charge in [-0.05, 0) is 30.7 Å². The lowest BCUT2D eigenvalue weighted by Gasteiger charge is -2.09. The standard InChI is InChI=1S/C13H11F2N3O/c1-7-2-4-9(14)12(11(7)15)18-13(19)8-3-5-10(16)17-6-8/h2-6H,1H3,(H2,16,17)(H,18,19). The fraction of sp³-hybridized carbons (Fsp3) is 0.0769. The molecule has 6 heteroatoms. The topological polar surface area (TPSA) is 68.0 Å². The summed E-state index contributed by atoms with van der Waals surface area (Å²) in [5, 5.41) is 2.19. The van der Waals surface area contributed by atoms with Crippen LogP contribution in [0, 0.1) is 18.6 Å². The molecule has 2 rings (SSSR count). The van der Waals surface area contributed by atoms with Crippen LogP contribution in [0.5, 0.6) is 0 Å². The van der Waals surface area contributed by atoms with Crippen LogP contribution in [0.15, 0.2) is 30.5 Å². The van der Waals surface area contributed by atoms with Gasteiger partial charge in [-0.2, -0.15) is 0 Å². The maximum Gasteiger partial charge on any atom is 0.257 e. The third-order valence-electron chi connectivity index (χ3n) is 2.57. The Labute approximate surface area is 108 Å². The summed E-state index contributed by atoms with van der Waals surface area (Å²) in [7, 11) is 0. The number of halogens is 2. The van der Waals surface area contributed by atoms with Crippen molar-refractivity contribution in [1.29, 1.82) is 0 Å². The molecule has 1 heterocycles. The van der Waals surface area contributed by atoms with E-state index >= 15 is 0 Å². The highest BCUT2D eigenvalue weighted by molar-refractivity contribution is 6.04. The second-order valence-corrected chi connectivity index (χ2v) is 3.98. The molecule has 0 saturated heterocycles. The number of amides is 1. The Bertz CT molecular complexity index is 627. The lowest BCUT2D eigenvalue weighted by Crippen LogP contribution is -2.15. The van der Waals surface area contributed by atoms with Gasteiger partial charge in [-0.1, -0.05) is 6.07 Å². The van der Waals surface area contributed by atoms with Crippen molar-refractivity contribution in [3.63, 3.8) is 0 Å². The Balaban J connectivity index is 2.29. The molecule has 1 amide bonds. The normalized spacial score (nSPS) is 10.3. The van der Waals surface area contributed by atoms with E-state index in [1.165, 1.54) is 31.3 Å². The first-order valence-electron chi connectivity index (χ1n) is 5.46. The maximum absolute atomic E-state index is 13.7. The number of aromatic nitrogens is 1. The van der Waals surface area contributed by atoms with Crippen LogP contribution in [0.1, 0.15) is 15.9 Å². The van der Waals surface area contributed by atoms with Crippen LogP contribution >= 0.6 is 0 Å². The molecule has 0 aliphatic heterocycles. The number of hydrogen-bond donors (Lipinski definition) is 2. The molecule has 4 nitrogen and oxygen atoms in total. The highest BCUT2D eigenvalue weighted by Gasteiger charge is 2.15. The number of rotatable bonds is 2. The summed E-state index contributed by atoms with van der Waals surface area (Å²) in [5.74, 6) is -2.03. The highest BCUT2D eigenvalue weighted by atomic mass is 19.1. The number of hydrogen-bond acceptors (Lipinski definition) is 3. The average molecular weight is 263 g/mol. The summed E-state index contributed by atoms with van der Waals surface area (Å²) in [6.45, 7) is 1.48. The lowest BCUT2D eigenvalue weighted by molar-refractivity contribution is 0.102. The molecule has 0 fully saturated rings. The second kappa shape index (κ2) is 5.01. The number of nitrogens with zero attached hydrogens (tertiary/aromatic N) is 1. The number of carbonyl (C=O) groups is 1. The van der Waals surface area contributed by atoms with Gasteiger partial charge < -0.3 is 11.1 Å². The van der Waals surface area contributed by atoms with Gasteiger partial charge in [0.2, 0.25) is 0 Å². The van der Waals surface area contributed by atoms with E-state index in [4.69, 9.17) is 5.73 Å². The van der Waals surface area contributed by atoms with Crippen molar-refractivity contribution in [1.82, 2.24) is 4.98 Å². The summed E-state index contributed by atoms with van der Waals surface area (Å²) in [6, 6.07) is 5.24. The molecular weight excluding hydrogens is 252 g/mol. The third kappa shape index (κ3) is 2.67. The Kier molecular flexibility index (Phi) is 3.41. The molecule has 0 aliphatic rings. The van der Waals surface area contributed by atoms with Crippen LogP contribution in [0.4, 0.5) is 20.3 Å². The van der Waals surface area contributed by atoms with Crippen molar-refractivity contribution in [2.24, 2.45) is 0 Å². The summed E-state index contributed by atoms with van der Waals surface area (Å²) < 4.78 is 27.2. The van der Waals surface area contributed by atoms with Gasteiger partial charge in [0.1, 0.15) is 17.3 Å². The number of nitrogens with one attached hydrogen (secondary N) is 1. The van der Waals surface area contributed by atoms with Gasteiger partial charge in [0.25, 0.3) is 5.91 Å². The van der Waals surface area contributed by atoms with Crippen LogP contribution in [0.3, 0.4) is 0 Å². The Morgan fingerprint density at radius 3 is 2.63 bits per heavy atom. The van der Waals surface area contributed by atoms with E-state index in [0.29, 0.717) is 0 Å². The van der Waals surface area contributed by atoms with Crippen molar-refractivity contribution < 1.29 is 13.6 Å². The molecule has 0 bridgehead atoms.